The van der Waals surface area contributed by atoms with Gasteiger partial charge in [-0.05, 0) is 58.8 Å². The summed E-state index contributed by atoms with van der Waals surface area (Å²) in [6, 6.07) is 21.8. The van der Waals surface area contributed by atoms with E-state index in [2.05, 4.69) is 9.71 Å². The summed E-state index contributed by atoms with van der Waals surface area (Å²) in [4.78, 5) is 15.9. The van der Waals surface area contributed by atoms with Gasteiger partial charge in [-0.2, -0.15) is 8.42 Å². The molecule has 0 unspecified atom stereocenters. The van der Waals surface area contributed by atoms with Crippen LogP contribution in [0.15, 0.2) is 96.4 Å². The number of hydrogen-bond donors (Lipinski definition) is 4. The number of aromatic carboxylic acids is 1. The number of carboxylic acid groups (broad SMARTS) is 1. The van der Waals surface area contributed by atoms with E-state index in [-0.39, 0.29) is 22.1 Å². The van der Waals surface area contributed by atoms with Crippen LogP contribution in [0.4, 0.5) is 5.69 Å². The van der Waals surface area contributed by atoms with Gasteiger partial charge in [-0.3, -0.25) is 10.1 Å². The molecule has 1 heterocycles. The van der Waals surface area contributed by atoms with Crippen molar-refractivity contribution in [2.24, 2.45) is 12.8 Å². The van der Waals surface area contributed by atoms with Crippen LogP contribution >= 0.6 is 0 Å². The quantitative estimate of drug-likeness (QED) is 0.162. The Morgan fingerprint density at radius 2 is 1.74 bits per heavy atom. The number of nitrogens with one attached hydrogen (secondary N) is 2. The Kier molecular flexibility index (Phi) is 6.50. The van der Waals surface area contributed by atoms with E-state index < -0.39 is 16.0 Å². The first-order valence-corrected chi connectivity index (χ1v) is 13.1. The zero-order valence-corrected chi connectivity index (χ0v) is 21.4. The van der Waals surface area contributed by atoms with E-state index in [0.29, 0.717) is 28.2 Å². The number of nitrogen functional groups attached to an aromatic ring is 1. The van der Waals surface area contributed by atoms with Crippen LogP contribution in [0.5, 0.6) is 11.5 Å². The topological polar surface area (TPSA) is 160 Å². The van der Waals surface area contributed by atoms with Gasteiger partial charge in [0.05, 0.1) is 11.9 Å². The molecule has 5 rings (SSSR count). The standard InChI is InChI=1S/C28H23N5O5S/c1-33-15-26(31-16-33)39(36,37)32-20-9-11-25(24(14-20)22-4-2-3-5-23(22)28(34)35)38-21-10-8-17-12-19(27(29)30)7-6-18(17)13-21/h2-16,32H,1H3,(H3,29,30)(H,34,35). The Hall–Kier alpha value is -5.16. The lowest BCUT2D eigenvalue weighted by Gasteiger charge is -2.16. The van der Waals surface area contributed by atoms with E-state index >= 15 is 0 Å². The molecule has 0 aliphatic carbocycles. The Morgan fingerprint density at radius 1 is 1.00 bits per heavy atom. The molecule has 0 spiro atoms. The fourth-order valence-corrected chi connectivity index (χ4v) is 5.15. The fourth-order valence-electron chi connectivity index (χ4n) is 4.11. The van der Waals surface area contributed by atoms with Crippen LogP contribution in [0.1, 0.15) is 15.9 Å². The largest absolute Gasteiger partial charge is 0.478 e. The minimum absolute atomic E-state index is 0.0299. The van der Waals surface area contributed by atoms with Gasteiger partial charge in [0.25, 0.3) is 10.0 Å². The third-order valence-electron chi connectivity index (χ3n) is 5.99. The second-order valence-corrected chi connectivity index (χ2v) is 10.4. The molecule has 0 aliphatic heterocycles. The van der Waals surface area contributed by atoms with E-state index in [0.717, 1.165) is 10.8 Å². The zero-order chi connectivity index (χ0) is 27.7. The van der Waals surface area contributed by atoms with Crippen LogP contribution in [0.25, 0.3) is 21.9 Å². The lowest BCUT2D eigenvalue weighted by molar-refractivity contribution is 0.0697. The van der Waals surface area contributed by atoms with Crippen LogP contribution in [-0.4, -0.2) is 34.9 Å². The monoisotopic (exact) mass is 541 g/mol. The van der Waals surface area contributed by atoms with Gasteiger partial charge < -0.3 is 20.1 Å². The predicted molar refractivity (Wildman–Crippen MR) is 148 cm³/mol. The molecule has 10 nitrogen and oxygen atoms in total. The summed E-state index contributed by atoms with van der Waals surface area (Å²) in [6.07, 6.45) is 2.75. The summed E-state index contributed by atoms with van der Waals surface area (Å²) in [5.41, 5.74) is 7.17. The number of aryl methyl sites for hydroxylation is 1. The SMILES string of the molecule is Cn1cnc(S(=O)(=O)Nc2ccc(Oc3ccc4cc(C(=N)N)ccc4c3)c(-c3ccccc3C(=O)O)c2)c1. The molecule has 0 radical (unpaired) electrons. The molecule has 1 aromatic heterocycles. The number of nitrogens with zero attached hydrogens (tertiary/aromatic N) is 2. The van der Waals surface area contributed by atoms with Crippen LogP contribution in [0.2, 0.25) is 0 Å². The van der Waals surface area contributed by atoms with Crippen molar-refractivity contribution in [3.05, 3.63) is 103 Å². The Morgan fingerprint density at radius 3 is 2.46 bits per heavy atom. The van der Waals surface area contributed by atoms with E-state index in [1.165, 1.54) is 35.3 Å². The smallest absolute Gasteiger partial charge is 0.336 e. The highest BCUT2D eigenvalue weighted by Gasteiger charge is 2.20. The molecule has 0 bridgehead atoms. The average molecular weight is 542 g/mol. The second-order valence-electron chi connectivity index (χ2n) is 8.78. The molecular formula is C28H23N5O5S. The fraction of sp³-hybridized carbons (Fsp3) is 0.0357. The number of nitrogens with two attached hydrogens (primary N) is 1. The number of fused-ring (bicyclic) bond motifs is 1. The van der Waals surface area contributed by atoms with Crippen LogP contribution in [-0.2, 0) is 17.1 Å². The average Bonchev–Trinajstić information content (AvgIpc) is 3.36. The van der Waals surface area contributed by atoms with Crippen LogP contribution in [0, 0.1) is 5.41 Å². The lowest BCUT2D eigenvalue weighted by Crippen LogP contribution is -2.13. The van der Waals surface area contributed by atoms with Gasteiger partial charge in [-0.15, -0.1) is 0 Å². The van der Waals surface area contributed by atoms with Crippen molar-refractivity contribution in [3.63, 3.8) is 0 Å². The van der Waals surface area contributed by atoms with Crippen molar-refractivity contribution < 1.29 is 23.1 Å². The minimum Gasteiger partial charge on any atom is -0.478 e. The van der Waals surface area contributed by atoms with Crippen LogP contribution < -0.4 is 15.2 Å². The van der Waals surface area contributed by atoms with Crippen molar-refractivity contribution in [1.82, 2.24) is 9.55 Å². The van der Waals surface area contributed by atoms with E-state index in [1.54, 1.807) is 49.5 Å². The Bertz CT molecular complexity index is 1860. The Labute approximate surface area is 223 Å². The summed E-state index contributed by atoms with van der Waals surface area (Å²) in [5.74, 6) is -0.362. The first-order valence-electron chi connectivity index (χ1n) is 11.6. The first-order chi connectivity index (χ1) is 18.6. The summed E-state index contributed by atoms with van der Waals surface area (Å²) in [5, 5.41) is 19.0. The van der Waals surface area contributed by atoms with Crippen molar-refractivity contribution >= 4 is 38.3 Å². The number of carbonyl (C=O) groups is 1. The molecule has 0 aliphatic rings. The number of benzene rings is 4. The van der Waals surface area contributed by atoms with E-state index in [9.17, 15) is 18.3 Å². The normalized spacial score (nSPS) is 11.3. The summed E-state index contributed by atoms with van der Waals surface area (Å²) < 4.78 is 36.0. The summed E-state index contributed by atoms with van der Waals surface area (Å²) in [7, 11) is -2.33. The van der Waals surface area contributed by atoms with Gasteiger partial charge in [-0.1, -0.05) is 36.4 Å². The molecule has 5 aromatic rings. The first kappa shape index (κ1) is 25.5. The summed E-state index contributed by atoms with van der Waals surface area (Å²) in [6.45, 7) is 0. The number of amidine groups is 1. The summed E-state index contributed by atoms with van der Waals surface area (Å²) >= 11 is 0. The molecule has 0 saturated carbocycles. The van der Waals surface area contributed by atoms with Crippen molar-refractivity contribution in [2.45, 2.75) is 5.03 Å². The molecule has 0 fully saturated rings. The minimum atomic E-state index is -3.99. The van der Waals surface area contributed by atoms with Gasteiger partial charge in [-0.25, -0.2) is 9.78 Å². The van der Waals surface area contributed by atoms with Gasteiger partial charge in [0.15, 0.2) is 5.03 Å². The van der Waals surface area contributed by atoms with Crippen molar-refractivity contribution in [3.8, 4) is 22.6 Å². The lowest BCUT2D eigenvalue weighted by atomic mass is 9.98. The van der Waals surface area contributed by atoms with Gasteiger partial charge >= 0.3 is 5.97 Å². The van der Waals surface area contributed by atoms with E-state index in [4.69, 9.17) is 15.9 Å². The van der Waals surface area contributed by atoms with Crippen molar-refractivity contribution in [1.29, 1.82) is 5.41 Å². The highest BCUT2D eigenvalue weighted by atomic mass is 32.2. The van der Waals surface area contributed by atoms with Gasteiger partial charge in [0.2, 0.25) is 0 Å². The number of carboxylic acids is 1. The predicted octanol–water partition coefficient (Wildman–Crippen LogP) is 4.82. The second kappa shape index (κ2) is 9.95. The highest BCUT2D eigenvalue weighted by molar-refractivity contribution is 7.92. The van der Waals surface area contributed by atoms with E-state index in [1.807, 2.05) is 18.2 Å². The third-order valence-corrected chi connectivity index (χ3v) is 7.25. The number of anilines is 1. The molecule has 4 aromatic carbocycles. The third kappa shape index (κ3) is 5.29. The maximum absolute atomic E-state index is 12.9. The number of aromatic nitrogens is 2. The number of rotatable bonds is 8. The zero-order valence-electron chi connectivity index (χ0n) is 20.6. The number of sulfonamides is 1. The molecule has 39 heavy (non-hydrogen) atoms. The molecule has 0 saturated heterocycles. The number of ether oxygens (including phenoxy) is 1. The Balaban J connectivity index is 1.57. The molecule has 11 heteroatoms. The molecule has 0 amide bonds. The van der Waals surface area contributed by atoms with Crippen molar-refractivity contribution in [2.75, 3.05) is 4.72 Å². The number of imidazole rings is 1. The molecule has 5 N–H and O–H groups in total. The maximum atomic E-state index is 12.9. The number of hydrogen-bond acceptors (Lipinski definition) is 6. The molecule has 196 valence electrons. The molecular weight excluding hydrogens is 518 g/mol. The van der Waals surface area contributed by atoms with Gasteiger partial charge in [0.1, 0.15) is 17.3 Å². The maximum Gasteiger partial charge on any atom is 0.336 e. The highest BCUT2D eigenvalue weighted by Crippen LogP contribution is 2.38. The van der Waals surface area contributed by atoms with Crippen LogP contribution in [0.3, 0.4) is 0 Å². The van der Waals surface area contributed by atoms with Gasteiger partial charge in [0, 0.05) is 30.1 Å². The molecule has 0 atom stereocenters.